The van der Waals surface area contributed by atoms with Gasteiger partial charge < -0.3 is 10.3 Å². The molecule has 84 valence electrons. The number of fused-ring (bicyclic) bond motifs is 1. The van der Waals surface area contributed by atoms with E-state index in [0.29, 0.717) is 0 Å². The fraction of sp³-hybridized carbons (Fsp3) is 0.429. The number of nitrogens with two attached hydrogens (primary N) is 1. The highest BCUT2D eigenvalue weighted by Crippen LogP contribution is 2.34. The van der Waals surface area contributed by atoms with Crippen molar-refractivity contribution in [3.8, 4) is 0 Å². The van der Waals surface area contributed by atoms with Gasteiger partial charge in [-0.1, -0.05) is 6.07 Å². The topological polar surface area (TPSA) is 30.9 Å². The average molecular weight is 214 g/mol. The Morgan fingerprint density at radius 3 is 2.81 bits per heavy atom. The molecule has 2 N–H and O–H groups in total. The highest BCUT2D eigenvalue weighted by atomic mass is 15.0. The summed E-state index contributed by atoms with van der Waals surface area (Å²) >= 11 is 0. The van der Waals surface area contributed by atoms with Crippen molar-refractivity contribution in [3.63, 3.8) is 0 Å². The van der Waals surface area contributed by atoms with Crippen molar-refractivity contribution in [2.45, 2.75) is 31.7 Å². The van der Waals surface area contributed by atoms with Gasteiger partial charge in [0, 0.05) is 17.8 Å². The Morgan fingerprint density at radius 2 is 2.12 bits per heavy atom. The first-order chi connectivity index (χ1) is 7.88. The van der Waals surface area contributed by atoms with Crippen LogP contribution in [-0.2, 0) is 6.42 Å². The lowest BCUT2D eigenvalue weighted by Gasteiger charge is -2.28. The van der Waals surface area contributed by atoms with Crippen LogP contribution in [0.1, 0.15) is 30.9 Å². The fourth-order valence-corrected chi connectivity index (χ4v) is 2.52. The van der Waals surface area contributed by atoms with Crippen molar-refractivity contribution < 1.29 is 0 Å². The summed E-state index contributed by atoms with van der Waals surface area (Å²) in [6, 6.07) is 9.71. The zero-order valence-corrected chi connectivity index (χ0v) is 9.52. The monoisotopic (exact) mass is 214 g/mol. The van der Waals surface area contributed by atoms with Gasteiger partial charge in [-0.15, -0.1) is 0 Å². The molecule has 1 fully saturated rings. The third kappa shape index (κ3) is 1.54. The van der Waals surface area contributed by atoms with Crippen LogP contribution in [0.5, 0.6) is 0 Å². The van der Waals surface area contributed by atoms with Crippen LogP contribution in [0, 0.1) is 0 Å². The van der Waals surface area contributed by atoms with Gasteiger partial charge >= 0.3 is 0 Å². The van der Waals surface area contributed by atoms with E-state index in [-0.39, 0.29) is 0 Å². The zero-order chi connectivity index (χ0) is 11.0. The largest absolute Gasteiger partial charge is 0.344 e. The summed E-state index contributed by atoms with van der Waals surface area (Å²) in [6.07, 6.45) is 7.28. The molecule has 0 radical (unpaired) electrons. The molecular weight excluding hydrogens is 196 g/mol. The van der Waals surface area contributed by atoms with E-state index >= 15 is 0 Å². The minimum Gasteiger partial charge on any atom is -0.344 e. The van der Waals surface area contributed by atoms with Crippen molar-refractivity contribution in [1.82, 2.24) is 4.57 Å². The lowest BCUT2D eigenvalue weighted by atomic mass is 9.93. The molecule has 0 bridgehead atoms. The molecule has 1 aliphatic carbocycles. The molecule has 2 aromatic rings. The maximum atomic E-state index is 5.58. The van der Waals surface area contributed by atoms with Crippen LogP contribution < -0.4 is 5.73 Å². The number of nitrogens with zero attached hydrogens (tertiary/aromatic N) is 1. The Bertz CT molecular complexity index is 494. The van der Waals surface area contributed by atoms with Gasteiger partial charge in [0.05, 0.1) is 0 Å². The molecule has 3 rings (SSSR count). The van der Waals surface area contributed by atoms with Gasteiger partial charge in [-0.05, 0) is 61.4 Å². The maximum Gasteiger partial charge on any atom is 0.0483 e. The highest BCUT2D eigenvalue weighted by molar-refractivity contribution is 5.81. The Balaban J connectivity index is 2.00. The van der Waals surface area contributed by atoms with Crippen LogP contribution in [-0.4, -0.2) is 11.1 Å². The standard InChI is InChI=1S/C14H18N2/c15-8-6-11-4-5-14-12(10-11)7-9-16(14)13-2-1-3-13/h4-5,7,9-10,13H,1-3,6,8,15H2. The predicted molar refractivity (Wildman–Crippen MR) is 67.6 cm³/mol. The smallest absolute Gasteiger partial charge is 0.0483 e. The SMILES string of the molecule is NCCc1ccc2c(ccn2C2CCC2)c1. The maximum absolute atomic E-state index is 5.58. The zero-order valence-electron chi connectivity index (χ0n) is 9.52. The van der Waals surface area contributed by atoms with E-state index < -0.39 is 0 Å². The highest BCUT2D eigenvalue weighted by Gasteiger charge is 2.20. The predicted octanol–water partition coefficient (Wildman–Crippen LogP) is 2.87. The number of hydrogen-bond acceptors (Lipinski definition) is 1. The van der Waals surface area contributed by atoms with Gasteiger partial charge in [-0.2, -0.15) is 0 Å². The van der Waals surface area contributed by atoms with Gasteiger partial charge in [0.1, 0.15) is 0 Å². The van der Waals surface area contributed by atoms with Crippen LogP contribution in [0.2, 0.25) is 0 Å². The van der Waals surface area contributed by atoms with E-state index in [9.17, 15) is 0 Å². The summed E-state index contributed by atoms with van der Waals surface area (Å²) in [7, 11) is 0. The van der Waals surface area contributed by atoms with Crippen molar-refractivity contribution in [3.05, 3.63) is 36.0 Å². The number of aromatic nitrogens is 1. The summed E-state index contributed by atoms with van der Waals surface area (Å²) < 4.78 is 2.44. The van der Waals surface area contributed by atoms with Crippen LogP contribution in [0.3, 0.4) is 0 Å². The third-order valence-corrected chi connectivity index (χ3v) is 3.69. The second-order valence-corrected chi connectivity index (χ2v) is 4.74. The number of benzene rings is 1. The van der Waals surface area contributed by atoms with Crippen LogP contribution in [0.4, 0.5) is 0 Å². The average Bonchev–Trinajstić information content (AvgIpc) is 2.60. The van der Waals surface area contributed by atoms with Gasteiger partial charge in [0.25, 0.3) is 0 Å². The Labute approximate surface area is 96.1 Å². The quantitative estimate of drug-likeness (QED) is 0.836. The van der Waals surface area contributed by atoms with Crippen LogP contribution in [0.25, 0.3) is 10.9 Å². The van der Waals surface area contributed by atoms with E-state index in [4.69, 9.17) is 5.73 Å². The van der Waals surface area contributed by atoms with Crippen LogP contribution in [0.15, 0.2) is 30.5 Å². The molecule has 1 aromatic carbocycles. The molecule has 1 aromatic heterocycles. The van der Waals surface area contributed by atoms with Gasteiger partial charge in [-0.3, -0.25) is 0 Å². The van der Waals surface area contributed by atoms with E-state index in [1.165, 1.54) is 35.7 Å². The molecule has 1 heterocycles. The molecule has 1 saturated carbocycles. The number of rotatable bonds is 3. The first-order valence-electron chi connectivity index (χ1n) is 6.18. The Kier molecular flexibility index (Phi) is 2.44. The van der Waals surface area contributed by atoms with Gasteiger partial charge in [0.15, 0.2) is 0 Å². The molecule has 0 spiro atoms. The molecule has 2 nitrogen and oxygen atoms in total. The molecule has 1 aliphatic rings. The van der Waals surface area contributed by atoms with Gasteiger partial charge in [0.2, 0.25) is 0 Å². The molecular formula is C14H18N2. The summed E-state index contributed by atoms with van der Waals surface area (Å²) in [5.41, 5.74) is 8.31. The molecule has 0 atom stereocenters. The number of hydrogen-bond donors (Lipinski definition) is 1. The molecule has 0 saturated heterocycles. The second-order valence-electron chi connectivity index (χ2n) is 4.74. The lowest BCUT2D eigenvalue weighted by molar-refractivity contribution is 0.321. The van der Waals surface area contributed by atoms with Crippen molar-refractivity contribution in [2.75, 3.05) is 6.54 Å². The molecule has 0 aliphatic heterocycles. The van der Waals surface area contributed by atoms with E-state index in [1.54, 1.807) is 0 Å². The normalized spacial score (nSPS) is 16.6. The summed E-state index contributed by atoms with van der Waals surface area (Å²) in [5, 5.41) is 1.36. The summed E-state index contributed by atoms with van der Waals surface area (Å²) in [5.74, 6) is 0. The first-order valence-corrected chi connectivity index (χ1v) is 6.18. The van der Waals surface area contributed by atoms with Gasteiger partial charge in [-0.25, -0.2) is 0 Å². The Hall–Kier alpha value is -1.28. The fourth-order valence-electron chi connectivity index (χ4n) is 2.52. The van der Waals surface area contributed by atoms with Crippen molar-refractivity contribution >= 4 is 10.9 Å². The molecule has 0 amide bonds. The van der Waals surface area contributed by atoms with Crippen LogP contribution >= 0.6 is 0 Å². The lowest BCUT2D eigenvalue weighted by Crippen LogP contribution is -2.15. The first kappa shape index (κ1) is 9.91. The minimum absolute atomic E-state index is 0.731. The second kappa shape index (κ2) is 3.95. The summed E-state index contributed by atoms with van der Waals surface area (Å²) in [4.78, 5) is 0. The molecule has 0 unspecified atom stereocenters. The van der Waals surface area contributed by atoms with Crippen molar-refractivity contribution in [1.29, 1.82) is 0 Å². The van der Waals surface area contributed by atoms with E-state index in [0.717, 1.165) is 19.0 Å². The minimum atomic E-state index is 0.731. The Morgan fingerprint density at radius 1 is 1.25 bits per heavy atom. The summed E-state index contributed by atoms with van der Waals surface area (Å²) in [6.45, 7) is 0.731. The van der Waals surface area contributed by atoms with E-state index in [1.807, 2.05) is 0 Å². The molecule has 16 heavy (non-hydrogen) atoms. The van der Waals surface area contributed by atoms with E-state index in [2.05, 4.69) is 35.0 Å². The third-order valence-electron chi connectivity index (χ3n) is 3.69. The molecule has 2 heteroatoms. The van der Waals surface area contributed by atoms with Crippen molar-refractivity contribution in [2.24, 2.45) is 5.73 Å².